The van der Waals surface area contributed by atoms with Gasteiger partial charge >= 0.3 is 0 Å². The number of hydrogen-bond donors (Lipinski definition) is 1. The van der Waals surface area contributed by atoms with Crippen LogP contribution in [-0.4, -0.2) is 64.3 Å². The Bertz CT molecular complexity index is 714. The van der Waals surface area contributed by atoms with E-state index in [9.17, 15) is 9.59 Å². The van der Waals surface area contributed by atoms with Crippen LogP contribution in [0.5, 0.6) is 11.5 Å². The molecule has 0 saturated carbocycles. The number of nitrogens with zero attached hydrogens (tertiary/aromatic N) is 1. The number of likely N-dealkylation sites (tertiary alicyclic amines) is 1. The summed E-state index contributed by atoms with van der Waals surface area (Å²) in [6.45, 7) is 7.89. The molecule has 0 bridgehead atoms. The summed E-state index contributed by atoms with van der Waals surface area (Å²) in [4.78, 5) is 27.6. The number of carbonyl (C=O) groups excluding carboxylic acids is 2. The summed E-state index contributed by atoms with van der Waals surface area (Å²) in [5.41, 5.74) is 0.801. The van der Waals surface area contributed by atoms with Gasteiger partial charge in [0.25, 0.3) is 0 Å². The largest absolute Gasteiger partial charge is 0.497 e. The number of ether oxygens (including phenoxy) is 3. The van der Waals surface area contributed by atoms with Crippen molar-refractivity contribution >= 4 is 11.8 Å². The highest BCUT2D eigenvalue weighted by molar-refractivity contribution is 5.83. The lowest BCUT2D eigenvalue weighted by atomic mass is 9.87. The van der Waals surface area contributed by atoms with E-state index >= 15 is 0 Å². The van der Waals surface area contributed by atoms with E-state index in [4.69, 9.17) is 14.2 Å². The SMILES string of the molecule is COCCNC(=O)[C@@H]1CN(C(=O)CC(C)(C)C)C[C@@H]1c1ccc(OC)cc1OC. The average Bonchev–Trinajstić information content (AvgIpc) is 3.11. The fourth-order valence-corrected chi connectivity index (χ4v) is 3.69. The van der Waals surface area contributed by atoms with Crippen molar-refractivity contribution in [3.63, 3.8) is 0 Å². The van der Waals surface area contributed by atoms with Crippen LogP contribution < -0.4 is 14.8 Å². The van der Waals surface area contributed by atoms with Gasteiger partial charge in [0, 0.05) is 50.7 Å². The minimum absolute atomic E-state index is 0.0715. The van der Waals surface area contributed by atoms with Gasteiger partial charge in [-0.05, 0) is 11.5 Å². The molecule has 1 aliphatic rings. The summed E-state index contributed by atoms with van der Waals surface area (Å²) in [7, 11) is 4.80. The molecule has 7 heteroatoms. The van der Waals surface area contributed by atoms with E-state index in [0.29, 0.717) is 44.2 Å². The molecule has 1 aromatic rings. The maximum atomic E-state index is 12.9. The van der Waals surface area contributed by atoms with Crippen molar-refractivity contribution in [2.75, 3.05) is 47.6 Å². The Kier molecular flexibility index (Phi) is 7.90. The average molecular weight is 407 g/mol. The molecule has 162 valence electrons. The first-order valence-corrected chi connectivity index (χ1v) is 9.96. The van der Waals surface area contributed by atoms with Crippen LogP contribution in [0.15, 0.2) is 18.2 Å². The normalized spacial score (nSPS) is 19.2. The van der Waals surface area contributed by atoms with Crippen LogP contribution in [-0.2, 0) is 14.3 Å². The number of amides is 2. The smallest absolute Gasteiger partial charge is 0.225 e. The van der Waals surface area contributed by atoms with Gasteiger partial charge in [0.15, 0.2) is 0 Å². The molecule has 7 nitrogen and oxygen atoms in total. The topological polar surface area (TPSA) is 77.1 Å². The van der Waals surface area contributed by atoms with Crippen LogP contribution in [0.2, 0.25) is 0 Å². The van der Waals surface area contributed by atoms with Crippen molar-refractivity contribution in [2.24, 2.45) is 11.3 Å². The molecule has 0 radical (unpaired) electrons. The molecule has 2 atom stereocenters. The van der Waals surface area contributed by atoms with Gasteiger partial charge in [-0.2, -0.15) is 0 Å². The van der Waals surface area contributed by atoms with Crippen LogP contribution >= 0.6 is 0 Å². The van der Waals surface area contributed by atoms with Gasteiger partial charge in [0.2, 0.25) is 11.8 Å². The van der Waals surface area contributed by atoms with E-state index in [1.165, 1.54) is 0 Å². The molecule has 0 unspecified atom stereocenters. The lowest BCUT2D eigenvalue weighted by Crippen LogP contribution is -2.37. The van der Waals surface area contributed by atoms with Gasteiger partial charge < -0.3 is 24.4 Å². The summed E-state index contributed by atoms with van der Waals surface area (Å²) >= 11 is 0. The summed E-state index contributed by atoms with van der Waals surface area (Å²) in [6.07, 6.45) is 0.442. The van der Waals surface area contributed by atoms with E-state index in [1.807, 2.05) is 39.0 Å². The van der Waals surface area contributed by atoms with Crippen LogP contribution in [0.1, 0.15) is 38.7 Å². The third-order valence-electron chi connectivity index (χ3n) is 5.14. The number of benzene rings is 1. The molecular weight excluding hydrogens is 372 g/mol. The quantitative estimate of drug-likeness (QED) is 0.671. The van der Waals surface area contributed by atoms with E-state index in [0.717, 1.165) is 5.56 Å². The van der Waals surface area contributed by atoms with Crippen LogP contribution in [0.25, 0.3) is 0 Å². The van der Waals surface area contributed by atoms with Crippen molar-refractivity contribution in [1.82, 2.24) is 10.2 Å². The Balaban J connectivity index is 2.30. The van der Waals surface area contributed by atoms with E-state index < -0.39 is 0 Å². The molecule has 1 saturated heterocycles. The Morgan fingerprint density at radius 3 is 2.45 bits per heavy atom. The Morgan fingerprint density at radius 2 is 1.86 bits per heavy atom. The highest BCUT2D eigenvalue weighted by Gasteiger charge is 2.41. The summed E-state index contributed by atoms with van der Waals surface area (Å²) in [5.74, 6) is 0.845. The first-order chi connectivity index (χ1) is 13.7. The Labute approximate surface area is 173 Å². The van der Waals surface area contributed by atoms with Gasteiger partial charge in [-0.15, -0.1) is 0 Å². The Hall–Kier alpha value is -2.28. The van der Waals surface area contributed by atoms with Crippen molar-refractivity contribution in [3.05, 3.63) is 23.8 Å². The zero-order valence-corrected chi connectivity index (χ0v) is 18.4. The van der Waals surface area contributed by atoms with Crippen molar-refractivity contribution < 1.29 is 23.8 Å². The van der Waals surface area contributed by atoms with Crippen LogP contribution in [0.3, 0.4) is 0 Å². The van der Waals surface area contributed by atoms with Gasteiger partial charge in [-0.3, -0.25) is 9.59 Å². The molecule has 0 aliphatic carbocycles. The number of methoxy groups -OCH3 is 3. The first-order valence-electron chi connectivity index (χ1n) is 9.96. The van der Waals surface area contributed by atoms with Crippen molar-refractivity contribution in [3.8, 4) is 11.5 Å². The molecule has 1 aliphatic heterocycles. The number of hydrogen-bond acceptors (Lipinski definition) is 5. The van der Waals surface area contributed by atoms with Gasteiger partial charge in [-0.1, -0.05) is 26.8 Å². The molecule has 29 heavy (non-hydrogen) atoms. The fraction of sp³-hybridized carbons (Fsp3) is 0.636. The number of rotatable bonds is 8. The highest BCUT2D eigenvalue weighted by atomic mass is 16.5. The van der Waals surface area contributed by atoms with Gasteiger partial charge in [0.1, 0.15) is 11.5 Å². The first kappa shape index (κ1) is 23.0. The third-order valence-corrected chi connectivity index (χ3v) is 5.14. The van der Waals surface area contributed by atoms with E-state index in [-0.39, 0.29) is 29.1 Å². The summed E-state index contributed by atoms with van der Waals surface area (Å²) in [6, 6.07) is 5.60. The van der Waals surface area contributed by atoms with Crippen molar-refractivity contribution in [2.45, 2.75) is 33.1 Å². The number of nitrogens with one attached hydrogen (secondary N) is 1. The van der Waals surface area contributed by atoms with E-state index in [2.05, 4.69) is 5.32 Å². The molecule has 1 fully saturated rings. The fourth-order valence-electron chi connectivity index (χ4n) is 3.69. The maximum Gasteiger partial charge on any atom is 0.225 e. The van der Waals surface area contributed by atoms with Crippen LogP contribution in [0, 0.1) is 11.3 Å². The Morgan fingerprint density at radius 1 is 1.14 bits per heavy atom. The third kappa shape index (κ3) is 6.10. The highest BCUT2D eigenvalue weighted by Crippen LogP contribution is 2.40. The monoisotopic (exact) mass is 406 g/mol. The standard InChI is InChI=1S/C22H34N2O5/c1-22(2,3)12-20(25)24-13-17(18(14-24)21(26)23-9-10-27-4)16-8-7-15(28-5)11-19(16)29-6/h7-8,11,17-18H,9-10,12-14H2,1-6H3,(H,23,26)/t17-,18-/m1/s1. The summed E-state index contributed by atoms with van der Waals surface area (Å²) < 4.78 is 15.9. The van der Waals surface area contributed by atoms with Crippen LogP contribution in [0.4, 0.5) is 0 Å². The second-order valence-electron chi connectivity index (χ2n) is 8.64. The molecule has 1 heterocycles. The maximum absolute atomic E-state index is 12.9. The second kappa shape index (κ2) is 9.96. The predicted molar refractivity (Wildman–Crippen MR) is 111 cm³/mol. The second-order valence-corrected chi connectivity index (χ2v) is 8.64. The zero-order chi connectivity index (χ0) is 21.6. The minimum atomic E-state index is -0.349. The van der Waals surface area contributed by atoms with E-state index in [1.54, 1.807) is 26.2 Å². The molecule has 1 aromatic carbocycles. The lowest BCUT2D eigenvalue weighted by molar-refractivity contribution is -0.132. The molecule has 2 amide bonds. The summed E-state index contributed by atoms with van der Waals surface area (Å²) in [5, 5.41) is 2.93. The molecule has 0 aromatic heterocycles. The minimum Gasteiger partial charge on any atom is -0.497 e. The lowest BCUT2D eigenvalue weighted by Gasteiger charge is -2.23. The van der Waals surface area contributed by atoms with Gasteiger partial charge in [-0.25, -0.2) is 0 Å². The van der Waals surface area contributed by atoms with Gasteiger partial charge in [0.05, 0.1) is 26.7 Å². The molecule has 1 N–H and O–H groups in total. The number of carbonyl (C=O) groups is 2. The molecule has 0 spiro atoms. The molecule has 2 rings (SSSR count). The predicted octanol–water partition coefficient (Wildman–Crippen LogP) is 2.44. The van der Waals surface area contributed by atoms with Crippen molar-refractivity contribution in [1.29, 1.82) is 0 Å². The zero-order valence-electron chi connectivity index (χ0n) is 18.4. The molecular formula is C22H34N2O5.